The number of allylic oxidation sites excluding steroid dienone is 1. The van der Waals surface area contributed by atoms with Gasteiger partial charge in [-0.1, -0.05) is 13.0 Å². The number of dihydropyridines is 1. The highest BCUT2D eigenvalue weighted by Gasteiger charge is 2.21. The van der Waals surface area contributed by atoms with Gasteiger partial charge in [0.25, 0.3) is 0 Å². The van der Waals surface area contributed by atoms with Crippen molar-refractivity contribution in [3.8, 4) is 0 Å². The molecule has 0 saturated heterocycles. The van der Waals surface area contributed by atoms with Gasteiger partial charge in [0, 0.05) is 12.3 Å². The Kier molecular flexibility index (Phi) is 1.80. The third-order valence-corrected chi connectivity index (χ3v) is 2.68. The number of hydrogen-bond acceptors (Lipinski definition) is 1. The van der Waals surface area contributed by atoms with Crippen LogP contribution in [0.4, 0.5) is 0 Å². The Labute approximate surface area is 68.2 Å². The van der Waals surface area contributed by atoms with Crippen LogP contribution in [0.1, 0.15) is 32.6 Å². The number of hydrogen-bond donors (Lipinski definition) is 0. The van der Waals surface area contributed by atoms with Crippen molar-refractivity contribution in [2.24, 2.45) is 10.9 Å². The van der Waals surface area contributed by atoms with Gasteiger partial charge < -0.3 is 0 Å². The summed E-state index contributed by atoms with van der Waals surface area (Å²) >= 11 is 0. The molecule has 1 unspecified atom stereocenters. The lowest BCUT2D eigenvalue weighted by atomic mass is 9.83. The lowest BCUT2D eigenvalue weighted by Crippen LogP contribution is -2.21. The summed E-state index contributed by atoms with van der Waals surface area (Å²) in [5.74, 6) is 0.732. The van der Waals surface area contributed by atoms with Gasteiger partial charge in [-0.3, -0.25) is 4.99 Å². The van der Waals surface area contributed by atoms with Crippen LogP contribution in [0.3, 0.4) is 0 Å². The number of nitrogens with zero attached hydrogens (tertiary/aromatic N) is 1. The SMILES string of the molecule is CC1CCCC2=CCCN=C21. The van der Waals surface area contributed by atoms with Crippen LogP contribution < -0.4 is 0 Å². The van der Waals surface area contributed by atoms with Crippen LogP contribution >= 0.6 is 0 Å². The predicted octanol–water partition coefficient (Wildman–Crippen LogP) is 2.58. The van der Waals surface area contributed by atoms with E-state index in [9.17, 15) is 0 Å². The molecule has 1 aliphatic heterocycles. The molecule has 0 amide bonds. The van der Waals surface area contributed by atoms with E-state index in [4.69, 9.17) is 0 Å². The highest BCUT2D eigenvalue weighted by Crippen LogP contribution is 2.28. The second-order valence-electron chi connectivity index (χ2n) is 3.58. The second kappa shape index (κ2) is 2.80. The molecule has 1 aliphatic carbocycles. The van der Waals surface area contributed by atoms with E-state index < -0.39 is 0 Å². The summed E-state index contributed by atoms with van der Waals surface area (Å²) in [6.45, 7) is 3.33. The minimum absolute atomic E-state index is 0.732. The first-order valence-corrected chi connectivity index (χ1v) is 4.61. The van der Waals surface area contributed by atoms with E-state index in [0.29, 0.717) is 0 Å². The fraction of sp³-hybridized carbons (Fsp3) is 0.700. The van der Waals surface area contributed by atoms with Crippen molar-refractivity contribution < 1.29 is 0 Å². The summed E-state index contributed by atoms with van der Waals surface area (Å²) in [5.41, 5.74) is 2.97. The van der Waals surface area contributed by atoms with Gasteiger partial charge in [-0.2, -0.15) is 0 Å². The van der Waals surface area contributed by atoms with Gasteiger partial charge in [0.05, 0.1) is 0 Å². The standard InChI is InChI=1S/C10H15N/c1-8-4-2-5-9-6-3-7-11-10(8)9/h6,8H,2-5,7H2,1H3. The molecule has 0 bridgehead atoms. The minimum Gasteiger partial charge on any atom is -0.289 e. The summed E-state index contributed by atoms with van der Waals surface area (Å²) < 4.78 is 0. The molecule has 1 saturated carbocycles. The molecule has 1 fully saturated rings. The summed E-state index contributed by atoms with van der Waals surface area (Å²) in [4.78, 5) is 4.58. The topological polar surface area (TPSA) is 12.4 Å². The highest BCUT2D eigenvalue weighted by atomic mass is 14.8. The molecule has 1 heteroatoms. The second-order valence-corrected chi connectivity index (χ2v) is 3.58. The normalized spacial score (nSPS) is 30.5. The van der Waals surface area contributed by atoms with Crippen molar-refractivity contribution in [3.05, 3.63) is 11.6 Å². The lowest BCUT2D eigenvalue weighted by Gasteiger charge is -2.25. The third kappa shape index (κ3) is 1.24. The van der Waals surface area contributed by atoms with E-state index >= 15 is 0 Å². The van der Waals surface area contributed by atoms with Gasteiger partial charge in [-0.15, -0.1) is 0 Å². The Hall–Kier alpha value is -0.590. The average Bonchev–Trinajstić information content (AvgIpc) is 2.06. The van der Waals surface area contributed by atoms with E-state index in [1.165, 1.54) is 31.4 Å². The summed E-state index contributed by atoms with van der Waals surface area (Å²) in [5, 5.41) is 0. The van der Waals surface area contributed by atoms with Gasteiger partial charge in [-0.05, 0) is 37.2 Å². The van der Waals surface area contributed by atoms with Crippen molar-refractivity contribution in [2.75, 3.05) is 6.54 Å². The smallest absolute Gasteiger partial charge is 0.0427 e. The molecule has 60 valence electrons. The fourth-order valence-electron chi connectivity index (χ4n) is 2.07. The Morgan fingerprint density at radius 2 is 2.45 bits per heavy atom. The molecule has 0 radical (unpaired) electrons. The van der Waals surface area contributed by atoms with Crippen LogP contribution in [0, 0.1) is 5.92 Å². The van der Waals surface area contributed by atoms with Gasteiger partial charge in [0.1, 0.15) is 0 Å². The Bertz CT molecular complexity index is 213. The maximum Gasteiger partial charge on any atom is 0.0427 e. The Balaban J connectivity index is 2.24. The molecule has 0 N–H and O–H groups in total. The number of fused-ring (bicyclic) bond motifs is 1. The zero-order valence-corrected chi connectivity index (χ0v) is 7.14. The van der Waals surface area contributed by atoms with Crippen LogP contribution in [-0.2, 0) is 0 Å². The molecular formula is C10H15N. The van der Waals surface area contributed by atoms with E-state index in [1.54, 1.807) is 5.57 Å². The molecule has 0 spiro atoms. The van der Waals surface area contributed by atoms with Crippen molar-refractivity contribution in [2.45, 2.75) is 32.6 Å². The van der Waals surface area contributed by atoms with Gasteiger partial charge >= 0.3 is 0 Å². The average molecular weight is 149 g/mol. The zero-order chi connectivity index (χ0) is 7.68. The molecule has 1 nitrogen and oxygen atoms in total. The quantitative estimate of drug-likeness (QED) is 0.502. The molecule has 1 atom stereocenters. The first kappa shape index (κ1) is 7.08. The monoisotopic (exact) mass is 149 g/mol. The minimum atomic E-state index is 0.732. The third-order valence-electron chi connectivity index (χ3n) is 2.68. The van der Waals surface area contributed by atoms with E-state index in [-0.39, 0.29) is 0 Å². The Morgan fingerprint density at radius 1 is 1.55 bits per heavy atom. The van der Waals surface area contributed by atoms with Crippen LogP contribution in [0.15, 0.2) is 16.6 Å². The highest BCUT2D eigenvalue weighted by molar-refractivity contribution is 6.02. The van der Waals surface area contributed by atoms with Gasteiger partial charge in [0.15, 0.2) is 0 Å². The fourth-order valence-corrected chi connectivity index (χ4v) is 2.07. The molecule has 0 aromatic carbocycles. The first-order chi connectivity index (χ1) is 5.38. The molecular weight excluding hydrogens is 134 g/mol. The van der Waals surface area contributed by atoms with Crippen molar-refractivity contribution in [1.29, 1.82) is 0 Å². The summed E-state index contributed by atoms with van der Waals surface area (Å²) in [6.07, 6.45) is 7.55. The maximum absolute atomic E-state index is 4.58. The van der Waals surface area contributed by atoms with Crippen molar-refractivity contribution in [3.63, 3.8) is 0 Å². The van der Waals surface area contributed by atoms with Crippen LogP contribution in [-0.4, -0.2) is 12.3 Å². The molecule has 0 aromatic rings. The zero-order valence-electron chi connectivity index (χ0n) is 7.14. The lowest BCUT2D eigenvalue weighted by molar-refractivity contribution is 0.596. The predicted molar refractivity (Wildman–Crippen MR) is 48.0 cm³/mol. The molecule has 11 heavy (non-hydrogen) atoms. The maximum atomic E-state index is 4.58. The van der Waals surface area contributed by atoms with E-state index in [2.05, 4.69) is 18.0 Å². The van der Waals surface area contributed by atoms with E-state index in [1.807, 2.05) is 0 Å². The van der Waals surface area contributed by atoms with E-state index in [0.717, 1.165) is 12.5 Å². The molecule has 1 heterocycles. The summed E-state index contributed by atoms with van der Waals surface area (Å²) in [6, 6.07) is 0. The summed E-state index contributed by atoms with van der Waals surface area (Å²) in [7, 11) is 0. The van der Waals surface area contributed by atoms with Gasteiger partial charge in [0.2, 0.25) is 0 Å². The number of rotatable bonds is 0. The molecule has 2 rings (SSSR count). The number of aliphatic imine (C=N–C) groups is 1. The van der Waals surface area contributed by atoms with Crippen molar-refractivity contribution in [1.82, 2.24) is 0 Å². The van der Waals surface area contributed by atoms with Crippen LogP contribution in [0.5, 0.6) is 0 Å². The van der Waals surface area contributed by atoms with Gasteiger partial charge in [-0.25, -0.2) is 0 Å². The molecule has 2 aliphatic rings. The van der Waals surface area contributed by atoms with Crippen molar-refractivity contribution >= 4 is 5.71 Å². The molecule has 0 aromatic heterocycles. The van der Waals surface area contributed by atoms with Crippen LogP contribution in [0.2, 0.25) is 0 Å². The first-order valence-electron chi connectivity index (χ1n) is 4.61. The van der Waals surface area contributed by atoms with Crippen LogP contribution in [0.25, 0.3) is 0 Å². The largest absolute Gasteiger partial charge is 0.289 e. The Morgan fingerprint density at radius 3 is 3.27 bits per heavy atom.